The maximum Gasteiger partial charge on any atom is 0.309 e. The Kier molecular flexibility index (Phi) is 12.8. The largest absolute Gasteiger partial charge is 0.466 e. The average molecular weight is 542 g/mol. The van der Waals surface area contributed by atoms with Crippen molar-refractivity contribution in [2.45, 2.75) is 143 Å². The van der Waals surface area contributed by atoms with Gasteiger partial charge in [-0.2, -0.15) is 0 Å². The Morgan fingerprint density at radius 2 is 1.57 bits per heavy atom. The molecule has 1 rings (SSSR count). The van der Waals surface area contributed by atoms with Crippen molar-refractivity contribution in [2.75, 3.05) is 13.2 Å². The molecule has 0 bridgehead atoms. The van der Waals surface area contributed by atoms with Crippen molar-refractivity contribution in [2.24, 2.45) is 11.3 Å². The summed E-state index contributed by atoms with van der Waals surface area (Å²) in [5.41, 5.74) is -1.19. The van der Waals surface area contributed by atoms with E-state index in [9.17, 15) is 14.4 Å². The maximum absolute atomic E-state index is 13.8. The van der Waals surface area contributed by atoms with Crippen LogP contribution in [0.15, 0.2) is 0 Å². The van der Waals surface area contributed by atoms with Gasteiger partial charge in [0, 0.05) is 12.6 Å². The summed E-state index contributed by atoms with van der Waals surface area (Å²) in [6.45, 7) is 21.2. The monoisotopic (exact) mass is 541 g/mol. The van der Waals surface area contributed by atoms with Gasteiger partial charge in [0.05, 0.1) is 24.4 Å². The van der Waals surface area contributed by atoms with E-state index in [1.165, 1.54) is 0 Å². The van der Waals surface area contributed by atoms with E-state index in [-0.39, 0.29) is 41.3 Å². The van der Waals surface area contributed by atoms with Crippen LogP contribution in [0.5, 0.6) is 0 Å². The molecule has 2 atom stereocenters. The number of nitrogens with one attached hydrogen (secondary N) is 1. The highest BCUT2D eigenvalue weighted by molar-refractivity contribution is 6.74. The summed E-state index contributed by atoms with van der Waals surface area (Å²) in [5.74, 6) is -0.924. The summed E-state index contributed by atoms with van der Waals surface area (Å²) in [7, 11) is -1.95. The van der Waals surface area contributed by atoms with Crippen molar-refractivity contribution >= 4 is 26.2 Å². The van der Waals surface area contributed by atoms with Crippen molar-refractivity contribution in [1.82, 2.24) is 5.32 Å². The number of carbonyl (C=O) groups excluding carboxylic acids is 3. The average Bonchev–Trinajstić information content (AvgIpc) is 3.21. The third-order valence-corrected chi connectivity index (χ3v) is 12.4. The van der Waals surface area contributed by atoms with Crippen molar-refractivity contribution in [3.63, 3.8) is 0 Å². The molecule has 0 aromatic rings. The lowest BCUT2D eigenvalue weighted by atomic mass is 9.75. The molecule has 0 aromatic carbocycles. The predicted molar refractivity (Wildman–Crippen MR) is 151 cm³/mol. The van der Waals surface area contributed by atoms with Crippen molar-refractivity contribution in [3.05, 3.63) is 0 Å². The third-order valence-electron chi connectivity index (χ3n) is 7.85. The molecule has 1 N–H and O–H groups in total. The number of rotatable bonds is 14. The zero-order valence-electron chi connectivity index (χ0n) is 25.4. The molecule has 0 aliphatic heterocycles. The van der Waals surface area contributed by atoms with Gasteiger partial charge in [0.2, 0.25) is 5.91 Å². The van der Waals surface area contributed by atoms with Gasteiger partial charge < -0.3 is 19.2 Å². The molecule has 1 aliphatic carbocycles. The number of esters is 2. The van der Waals surface area contributed by atoms with Gasteiger partial charge in [-0.05, 0) is 77.9 Å². The molecule has 0 unspecified atom stereocenters. The highest BCUT2D eigenvalue weighted by atomic mass is 28.4. The van der Waals surface area contributed by atoms with E-state index >= 15 is 0 Å². The topological polar surface area (TPSA) is 90.9 Å². The fourth-order valence-electron chi connectivity index (χ4n) is 4.74. The fraction of sp³-hybridized carbons (Fsp3) is 0.897. The minimum Gasteiger partial charge on any atom is -0.466 e. The second-order valence-corrected chi connectivity index (χ2v) is 18.1. The van der Waals surface area contributed by atoms with Gasteiger partial charge in [0.25, 0.3) is 0 Å². The summed E-state index contributed by atoms with van der Waals surface area (Å²) in [4.78, 5) is 39.2. The van der Waals surface area contributed by atoms with Crippen LogP contribution in [-0.2, 0) is 28.3 Å². The molecular formula is C29H55NO6Si. The molecule has 0 saturated heterocycles. The molecule has 37 heavy (non-hydrogen) atoms. The van der Waals surface area contributed by atoms with Gasteiger partial charge in [-0.25, -0.2) is 0 Å². The normalized spacial score (nSPS) is 17.7. The Bertz CT molecular complexity index is 746. The summed E-state index contributed by atoms with van der Waals surface area (Å²) in [5, 5.41) is 3.27. The van der Waals surface area contributed by atoms with E-state index in [1.54, 1.807) is 6.92 Å². The standard InChI is InChI=1S/C29H55NO6Si/c1-11-15-22(25(32)36-27(3,4)5)21-29(17-13-14-18-29)26(33)30-23(20-24(31)34-12-2)16-19-35-37(9,10)28(6,7)8/h22-23H,11-21H2,1-10H3,(H,30,33)/t22-,23-/m1/s1. The lowest BCUT2D eigenvalue weighted by Crippen LogP contribution is -2.48. The number of amides is 1. The van der Waals surface area contributed by atoms with Crippen LogP contribution in [0.3, 0.4) is 0 Å². The molecule has 1 saturated carbocycles. The van der Waals surface area contributed by atoms with E-state index in [2.05, 4.69) is 46.1 Å². The van der Waals surface area contributed by atoms with Crippen molar-refractivity contribution in [3.8, 4) is 0 Å². The summed E-state index contributed by atoms with van der Waals surface area (Å²) in [6.07, 6.45) is 6.07. The summed E-state index contributed by atoms with van der Waals surface area (Å²) in [6, 6.07) is -0.375. The smallest absolute Gasteiger partial charge is 0.309 e. The van der Waals surface area contributed by atoms with Crippen LogP contribution < -0.4 is 5.32 Å². The number of hydrogen-bond acceptors (Lipinski definition) is 6. The van der Waals surface area contributed by atoms with Gasteiger partial charge in [0.1, 0.15) is 5.60 Å². The minimum atomic E-state index is -1.95. The second-order valence-electron chi connectivity index (χ2n) is 13.3. The van der Waals surface area contributed by atoms with E-state index in [0.29, 0.717) is 32.5 Å². The van der Waals surface area contributed by atoms with Crippen LogP contribution >= 0.6 is 0 Å². The van der Waals surface area contributed by atoms with Crippen LogP contribution in [0, 0.1) is 11.3 Å². The van der Waals surface area contributed by atoms with Gasteiger partial charge in [0.15, 0.2) is 8.32 Å². The Morgan fingerprint density at radius 1 is 0.973 bits per heavy atom. The highest BCUT2D eigenvalue weighted by Gasteiger charge is 2.45. The SMILES string of the molecule is CCC[C@H](CC1(C(=O)N[C@H](CCO[Si](C)(C)C(C)(C)C)CC(=O)OCC)CCCC1)C(=O)OC(C)(C)C. The molecule has 1 fully saturated rings. The Labute approximate surface area is 227 Å². The molecule has 1 amide bonds. The van der Waals surface area contributed by atoms with E-state index < -0.39 is 19.3 Å². The maximum atomic E-state index is 13.8. The van der Waals surface area contributed by atoms with Gasteiger partial charge in [-0.15, -0.1) is 0 Å². The molecule has 0 radical (unpaired) electrons. The number of hydrogen-bond donors (Lipinski definition) is 1. The van der Waals surface area contributed by atoms with Crippen molar-refractivity contribution in [1.29, 1.82) is 0 Å². The molecule has 216 valence electrons. The van der Waals surface area contributed by atoms with E-state index in [4.69, 9.17) is 13.9 Å². The molecule has 1 aliphatic rings. The van der Waals surface area contributed by atoms with E-state index in [1.807, 2.05) is 20.8 Å². The van der Waals surface area contributed by atoms with Crippen LogP contribution in [0.1, 0.15) is 113 Å². The molecule has 0 spiro atoms. The van der Waals surface area contributed by atoms with Crippen LogP contribution in [0.25, 0.3) is 0 Å². The second kappa shape index (κ2) is 14.1. The minimum absolute atomic E-state index is 0.0590. The first-order valence-electron chi connectivity index (χ1n) is 14.3. The quantitative estimate of drug-likeness (QED) is 0.198. The van der Waals surface area contributed by atoms with Crippen LogP contribution in [-0.4, -0.2) is 51.0 Å². The summed E-state index contributed by atoms with van der Waals surface area (Å²) >= 11 is 0. The predicted octanol–water partition coefficient (Wildman–Crippen LogP) is 6.54. The molecule has 8 heteroatoms. The number of carbonyl (C=O) groups is 3. The van der Waals surface area contributed by atoms with Gasteiger partial charge in [-0.1, -0.05) is 47.0 Å². The first kappa shape index (κ1) is 33.6. The van der Waals surface area contributed by atoms with Crippen molar-refractivity contribution < 1.29 is 28.3 Å². The van der Waals surface area contributed by atoms with Gasteiger partial charge >= 0.3 is 11.9 Å². The number of ether oxygens (including phenoxy) is 2. The first-order valence-corrected chi connectivity index (χ1v) is 17.2. The molecule has 7 nitrogen and oxygen atoms in total. The van der Waals surface area contributed by atoms with Crippen LogP contribution in [0.2, 0.25) is 18.1 Å². The molecular weight excluding hydrogens is 486 g/mol. The Balaban J connectivity index is 3.05. The zero-order chi connectivity index (χ0) is 28.5. The van der Waals surface area contributed by atoms with Crippen LogP contribution in [0.4, 0.5) is 0 Å². The van der Waals surface area contributed by atoms with E-state index in [0.717, 1.165) is 32.1 Å². The first-order chi connectivity index (χ1) is 17.0. The van der Waals surface area contributed by atoms with Gasteiger partial charge in [-0.3, -0.25) is 14.4 Å². The third kappa shape index (κ3) is 11.1. The molecule has 0 aromatic heterocycles. The molecule has 0 heterocycles. The summed E-state index contributed by atoms with van der Waals surface area (Å²) < 4.78 is 17.3. The lowest BCUT2D eigenvalue weighted by Gasteiger charge is -2.37. The Morgan fingerprint density at radius 3 is 2.05 bits per heavy atom. The fourth-order valence-corrected chi connectivity index (χ4v) is 5.80. The Hall–Kier alpha value is -1.41. The lowest BCUT2D eigenvalue weighted by molar-refractivity contribution is -0.162. The highest BCUT2D eigenvalue weighted by Crippen LogP contribution is 2.45. The zero-order valence-corrected chi connectivity index (χ0v) is 26.4.